The first-order chi connectivity index (χ1) is 14.2. The highest BCUT2D eigenvalue weighted by Gasteiger charge is 2.39. The largest absolute Gasteiger partial charge is 0.357 e. The minimum absolute atomic E-state index is 0.115. The van der Waals surface area contributed by atoms with E-state index in [4.69, 9.17) is 4.98 Å². The Morgan fingerprint density at radius 1 is 1.24 bits per heavy atom. The molecule has 3 aliphatic carbocycles. The zero-order valence-corrected chi connectivity index (χ0v) is 16.9. The zero-order chi connectivity index (χ0) is 19.5. The van der Waals surface area contributed by atoms with Crippen molar-refractivity contribution < 1.29 is 4.79 Å². The van der Waals surface area contributed by atoms with Crippen molar-refractivity contribution in [1.29, 1.82) is 0 Å². The van der Waals surface area contributed by atoms with Crippen LogP contribution in [0.25, 0.3) is 11.0 Å². The molecule has 2 saturated carbocycles. The number of carbonyl (C=O) groups is 1. The van der Waals surface area contributed by atoms with Crippen LogP contribution in [0.5, 0.6) is 0 Å². The molecule has 0 N–H and O–H groups in total. The summed E-state index contributed by atoms with van der Waals surface area (Å²) in [6.45, 7) is 1.05. The topological polar surface area (TPSA) is 54.3 Å². The monoisotopic (exact) mass is 389 g/mol. The van der Waals surface area contributed by atoms with Crippen LogP contribution in [0.3, 0.4) is 0 Å². The average Bonchev–Trinajstić information content (AvgIpc) is 3.67. The SMILES string of the molecule is CN(c1ccc2cnn(CC(=O)N3CCC4=C3C=CCC4C3CC3)c2n1)C1CC1. The van der Waals surface area contributed by atoms with Crippen molar-refractivity contribution in [3.8, 4) is 0 Å². The summed E-state index contributed by atoms with van der Waals surface area (Å²) in [5.41, 5.74) is 3.48. The van der Waals surface area contributed by atoms with E-state index in [-0.39, 0.29) is 12.5 Å². The Bertz CT molecular complexity index is 1040. The number of hydrogen-bond acceptors (Lipinski definition) is 4. The van der Waals surface area contributed by atoms with Gasteiger partial charge < -0.3 is 9.80 Å². The summed E-state index contributed by atoms with van der Waals surface area (Å²) >= 11 is 0. The Hall–Kier alpha value is -2.63. The Morgan fingerprint density at radius 3 is 2.90 bits per heavy atom. The maximum Gasteiger partial charge on any atom is 0.248 e. The van der Waals surface area contributed by atoms with Gasteiger partial charge in [-0.05, 0) is 74.1 Å². The summed E-state index contributed by atoms with van der Waals surface area (Å²) in [7, 11) is 2.10. The average molecular weight is 390 g/mol. The van der Waals surface area contributed by atoms with Crippen molar-refractivity contribution in [2.75, 3.05) is 18.5 Å². The van der Waals surface area contributed by atoms with Gasteiger partial charge in [0.05, 0.1) is 6.20 Å². The molecule has 2 aromatic rings. The van der Waals surface area contributed by atoms with Gasteiger partial charge in [-0.25, -0.2) is 9.67 Å². The lowest BCUT2D eigenvalue weighted by Gasteiger charge is -2.24. The van der Waals surface area contributed by atoms with Crippen LogP contribution >= 0.6 is 0 Å². The molecule has 1 aliphatic heterocycles. The molecule has 29 heavy (non-hydrogen) atoms. The fraction of sp³-hybridized carbons (Fsp3) is 0.522. The standard InChI is InChI=1S/C23H27N5O/c1-26(17-8-9-17)21-10-7-16-13-24-28(23(16)25-21)14-22(29)27-12-11-19-18(15-5-6-15)3-2-4-20(19)27/h2,4,7,10,13,15,17-18H,3,5-6,8-9,11-12,14H2,1H3. The van der Waals surface area contributed by atoms with Crippen molar-refractivity contribution in [2.45, 2.75) is 51.1 Å². The first-order valence-electron chi connectivity index (χ1n) is 10.9. The van der Waals surface area contributed by atoms with Crippen molar-refractivity contribution in [2.24, 2.45) is 11.8 Å². The predicted molar refractivity (Wildman–Crippen MR) is 112 cm³/mol. The van der Waals surface area contributed by atoms with Crippen molar-refractivity contribution in [1.82, 2.24) is 19.7 Å². The summed E-state index contributed by atoms with van der Waals surface area (Å²) in [6.07, 6.45) is 13.6. The molecule has 2 fully saturated rings. The molecular weight excluding hydrogens is 362 g/mol. The predicted octanol–water partition coefficient (Wildman–Crippen LogP) is 3.50. The molecule has 6 nitrogen and oxygen atoms in total. The summed E-state index contributed by atoms with van der Waals surface area (Å²) < 4.78 is 1.77. The Morgan fingerprint density at radius 2 is 2.10 bits per heavy atom. The van der Waals surface area contributed by atoms with Crippen LogP contribution in [0.15, 0.2) is 41.8 Å². The molecule has 0 bridgehead atoms. The number of nitrogens with zero attached hydrogens (tertiary/aromatic N) is 5. The van der Waals surface area contributed by atoms with E-state index in [1.54, 1.807) is 4.68 Å². The lowest BCUT2D eigenvalue weighted by atomic mass is 9.85. The number of carbonyl (C=O) groups excluding carboxylic acids is 1. The molecule has 0 radical (unpaired) electrons. The van der Waals surface area contributed by atoms with Crippen LogP contribution in [0, 0.1) is 11.8 Å². The third kappa shape index (κ3) is 2.96. The van der Waals surface area contributed by atoms with E-state index in [0.29, 0.717) is 12.0 Å². The number of aromatic nitrogens is 3. The molecule has 0 spiro atoms. The maximum absolute atomic E-state index is 13.2. The molecule has 6 rings (SSSR count). The summed E-state index contributed by atoms with van der Waals surface area (Å²) in [5, 5.41) is 5.46. The van der Waals surface area contributed by atoms with Crippen molar-refractivity contribution >= 4 is 22.8 Å². The van der Waals surface area contributed by atoms with Gasteiger partial charge in [0.2, 0.25) is 5.91 Å². The molecule has 1 atom stereocenters. The van der Waals surface area contributed by atoms with Gasteiger partial charge in [-0.1, -0.05) is 6.08 Å². The van der Waals surface area contributed by atoms with Crippen LogP contribution in [-0.2, 0) is 11.3 Å². The second-order valence-electron chi connectivity index (χ2n) is 9.01. The van der Waals surface area contributed by atoms with Crippen LogP contribution in [0.1, 0.15) is 38.5 Å². The van der Waals surface area contributed by atoms with Gasteiger partial charge in [-0.15, -0.1) is 0 Å². The van der Waals surface area contributed by atoms with Crippen molar-refractivity contribution in [3.05, 3.63) is 41.8 Å². The van der Waals surface area contributed by atoms with E-state index < -0.39 is 0 Å². The van der Waals surface area contributed by atoms with Gasteiger partial charge in [0.25, 0.3) is 0 Å². The number of anilines is 1. The normalized spacial score (nSPS) is 23.8. The van der Waals surface area contributed by atoms with Crippen molar-refractivity contribution in [3.63, 3.8) is 0 Å². The molecule has 1 amide bonds. The minimum Gasteiger partial charge on any atom is -0.357 e. The van der Waals surface area contributed by atoms with E-state index >= 15 is 0 Å². The number of pyridine rings is 1. The minimum atomic E-state index is 0.115. The van der Waals surface area contributed by atoms with Gasteiger partial charge >= 0.3 is 0 Å². The number of allylic oxidation sites excluding steroid dienone is 2. The Balaban J connectivity index is 1.25. The van der Waals surface area contributed by atoms with Gasteiger partial charge in [0.15, 0.2) is 5.65 Å². The van der Waals surface area contributed by atoms with Crippen LogP contribution < -0.4 is 4.90 Å². The smallest absolute Gasteiger partial charge is 0.248 e. The number of amides is 1. The van der Waals surface area contributed by atoms with Gasteiger partial charge in [-0.2, -0.15) is 5.10 Å². The van der Waals surface area contributed by atoms with E-state index in [2.05, 4.69) is 41.3 Å². The van der Waals surface area contributed by atoms with Gasteiger partial charge in [0.1, 0.15) is 12.4 Å². The summed E-state index contributed by atoms with van der Waals surface area (Å²) in [4.78, 5) is 22.2. The number of hydrogen-bond donors (Lipinski definition) is 0. The van der Waals surface area contributed by atoms with E-state index in [1.807, 2.05) is 11.1 Å². The maximum atomic E-state index is 13.2. The van der Waals surface area contributed by atoms with Gasteiger partial charge in [0, 0.05) is 30.7 Å². The van der Waals surface area contributed by atoms with E-state index in [9.17, 15) is 4.79 Å². The lowest BCUT2D eigenvalue weighted by Crippen LogP contribution is -2.31. The lowest BCUT2D eigenvalue weighted by molar-refractivity contribution is -0.129. The quantitative estimate of drug-likeness (QED) is 0.785. The molecule has 2 aromatic heterocycles. The molecule has 150 valence electrons. The molecule has 6 heteroatoms. The number of fused-ring (bicyclic) bond motifs is 1. The van der Waals surface area contributed by atoms with Gasteiger partial charge in [-0.3, -0.25) is 4.79 Å². The first-order valence-corrected chi connectivity index (χ1v) is 10.9. The molecule has 0 aromatic carbocycles. The van der Waals surface area contributed by atoms with E-state index in [0.717, 1.165) is 47.9 Å². The number of rotatable bonds is 5. The molecular formula is C23H27N5O. The van der Waals surface area contributed by atoms with E-state index in [1.165, 1.54) is 31.3 Å². The third-order valence-electron chi connectivity index (χ3n) is 7.04. The van der Waals surface area contributed by atoms with Crippen LogP contribution in [-0.4, -0.2) is 45.2 Å². The second kappa shape index (κ2) is 6.44. The molecule has 1 unspecified atom stereocenters. The molecule has 3 heterocycles. The Kier molecular flexibility index (Phi) is 3.83. The summed E-state index contributed by atoms with van der Waals surface area (Å²) in [5.74, 6) is 2.59. The highest BCUT2D eigenvalue weighted by atomic mass is 16.2. The zero-order valence-electron chi connectivity index (χ0n) is 16.9. The van der Waals surface area contributed by atoms with Crippen LogP contribution in [0.2, 0.25) is 0 Å². The fourth-order valence-corrected chi connectivity index (χ4v) is 5.05. The summed E-state index contributed by atoms with van der Waals surface area (Å²) in [6, 6.07) is 4.72. The van der Waals surface area contributed by atoms with Crippen LogP contribution in [0.4, 0.5) is 5.82 Å². The fourth-order valence-electron chi connectivity index (χ4n) is 5.05. The molecule has 4 aliphatic rings. The third-order valence-corrected chi connectivity index (χ3v) is 7.04. The highest BCUT2D eigenvalue weighted by Crippen LogP contribution is 2.48. The first kappa shape index (κ1) is 17.2. The Labute approximate surface area is 170 Å². The molecule has 0 saturated heterocycles. The second-order valence-corrected chi connectivity index (χ2v) is 9.01. The highest BCUT2D eigenvalue weighted by molar-refractivity contribution is 5.82.